The number of nitrogens with one attached hydrogen (secondary N) is 2. The van der Waals surface area contributed by atoms with E-state index in [1.807, 2.05) is 100 Å². The lowest BCUT2D eigenvalue weighted by Crippen LogP contribution is -2.51. The van der Waals surface area contributed by atoms with Crippen LogP contribution in [-0.4, -0.2) is 135 Å². The Morgan fingerprint density at radius 3 is 1.83 bits per heavy atom. The number of hydrogen-bond donors (Lipinski definition) is 5. The van der Waals surface area contributed by atoms with E-state index in [4.69, 9.17) is 48.7 Å². The number of aryl methyl sites for hydroxylation is 2. The Labute approximate surface area is 491 Å². The molecule has 9 aromatic rings. The second-order valence-corrected chi connectivity index (χ2v) is 27.0. The maximum atomic E-state index is 14.4. The SMILES string of the molecule is COc1ccc(Cn2nc3nc(N4CCC5(CC4)C[C@H](O)C[C@H]5NS(=O)C(C)(C)C)n(C)c(=O)c3c2-c2ccc3nn(C)cc3c2Cl)cc1.Cn1cc2c(Cl)c(-c3[nH]nc4nc(N5CCC6(CC5)C[C@H](O)C[C@H]6N)n(C)c(=O)c34)ccc2n1. The van der Waals surface area contributed by atoms with Crippen LogP contribution in [0.5, 0.6) is 5.75 Å². The third-order valence-corrected chi connectivity index (χ3v) is 20.4. The number of aromatic nitrogens is 12. The number of fused-ring (bicyclic) bond motifs is 4. The zero-order valence-corrected chi connectivity index (χ0v) is 50.2. The van der Waals surface area contributed by atoms with Crippen molar-refractivity contribution < 1.29 is 19.2 Å². The average molecular weight is 1190 g/mol. The van der Waals surface area contributed by atoms with Crippen molar-refractivity contribution in [1.82, 2.24) is 63.4 Å². The van der Waals surface area contributed by atoms with E-state index in [0.29, 0.717) is 105 Å². The summed E-state index contributed by atoms with van der Waals surface area (Å²) in [7, 11) is 7.57. The molecule has 2 saturated carbocycles. The molecule has 8 heterocycles. The van der Waals surface area contributed by atoms with E-state index in [-0.39, 0.29) is 40.1 Å². The zero-order valence-electron chi connectivity index (χ0n) is 47.9. The molecule has 4 fully saturated rings. The van der Waals surface area contributed by atoms with Crippen LogP contribution in [0.4, 0.5) is 11.9 Å². The lowest BCUT2D eigenvalue weighted by molar-refractivity contribution is 0.139. The fraction of sp³-hybridized carbons (Fsp3) is 0.483. The van der Waals surface area contributed by atoms with Gasteiger partial charge in [0.2, 0.25) is 11.9 Å². The molecule has 0 amide bonds. The highest BCUT2D eigenvalue weighted by Crippen LogP contribution is 2.49. The molecule has 13 rings (SSSR count). The zero-order chi connectivity index (χ0) is 58.6. The van der Waals surface area contributed by atoms with E-state index < -0.39 is 21.8 Å². The highest BCUT2D eigenvalue weighted by atomic mass is 35.5. The number of anilines is 2. The molecular weight excluding hydrogens is 1120 g/mol. The number of nitrogens with two attached hydrogens (primary N) is 1. The number of methoxy groups -OCH3 is 1. The first-order chi connectivity index (χ1) is 39.5. The largest absolute Gasteiger partial charge is 0.497 e. The normalized spacial score (nSPS) is 21.1. The number of halogens is 2. The molecule has 5 atom stereocenters. The first-order valence-corrected chi connectivity index (χ1v) is 30.1. The second-order valence-electron chi connectivity index (χ2n) is 24.3. The minimum absolute atomic E-state index is 0.0136. The van der Waals surface area contributed by atoms with Gasteiger partial charge in [-0.1, -0.05) is 35.3 Å². The van der Waals surface area contributed by atoms with E-state index in [1.165, 1.54) is 0 Å². The van der Waals surface area contributed by atoms with Gasteiger partial charge in [-0.05, 0) is 125 Å². The molecule has 6 N–H and O–H groups in total. The van der Waals surface area contributed by atoms with Crippen LogP contribution in [0.25, 0.3) is 66.4 Å². The third kappa shape index (κ3) is 10.1. The fourth-order valence-corrected chi connectivity index (χ4v) is 14.9. The van der Waals surface area contributed by atoms with Gasteiger partial charge in [0.05, 0.1) is 74.1 Å². The number of hydrogen-bond acceptors (Lipinski definition) is 15. The highest BCUT2D eigenvalue weighted by Gasteiger charge is 2.50. The van der Waals surface area contributed by atoms with Gasteiger partial charge in [0.25, 0.3) is 11.1 Å². The van der Waals surface area contributed by atoms with Crippen LogP contribution < -0.4 is 36.1 Å². The van der Waals surface area contributed by atoms with Crippen molar-refractivity contribution in [3.8, 4) is 28.3 Å². The average Bonchev–Trinajstić information content (AvgIpc) is 4.32. The molecule has 83 heavy (non-hydrogen) atoms. The Morgan fingerprint density at radius 1 is 0.735 bits per heavy atom. The topological polar surface area (TPSA) is 263 Å². The van der Waals surface area contributed by atoms with Gasteiger partial charge in [-0.3, -0.25) is 37.9 Å². The minimum Gasteiger partial charge on any atom is -0.497 e. The Hall–Kier alpha value is -6.73. The quantitative estimate of drug-likeness (QED) is 0.103. The molecule has 25 heteroatoms. The predicted molar refractivity (Wildman–Crippen MR) is 324 cm³/mol. The predicted octanol–water partition coefficient (Wildman–Crippen LogP) is 6.49. The second kappa shape index (κ2) is 21.4. The van der Waals surface area contributed by atoms with Crippen LogP contribution in [0.3, 0.4) is 0 Å². The van der Waals surface area contributed by atoms with E-state index in [9.17, 15) is 24.0 Å². The molecule has 1 unspecified atom stereocenters. The lowest BCUT2D eigenvalue weighted by atomic mass is 9.74. The summed E-state index contributed by atoms with van der Waals surface area (Å²) in [6, 6.07) is 15.2. The van der Waals surface area contributed by atoms with Gasteiger partial charge in [-0.25, -0.2) is 8.93 Å². The number of rotatable bonds is 9. The summed E-state index contributed by atoms with van der Waals surface area (Å²) in [5, 5.41) is 45.4. The van der Waals surface area contributed by atoms with Crippen LogP contribution in [0, 0.1) is 10.8 Å². The first-order valence-electron chi connectivity index (χ1n) is 28.1. The molecular formula is C58H70Cl2N16O6S. The summed E-state index contributed by atoms with van der Waals surface area (Å²) in [5.41, 5.74) is 11.5. The monoisotopic (exact) mass is 1190 g/mol. The van der Waals surface area contributed by atoms with Crippen LogP contribution in [0.2, 0.25) is 10.0 Å². The number of aromatic amines is 1. The number of ether oxygens (including phenoxy) is 1. The van der Waals surface area contributed by atoms with Gasteiger partial charge in [-0.2, -0.15) is 30.4 Å². The summed E-state index contributed by atoms with van der Waals surface area (Å²) in [5.74, 6) is 1.88. The molecule has 0 radical (unpaired) electrons. The van der Waals surface area contributed by atoms with Crippen molar-refractivity contribution in [3.63, 3.8) is 0 Å². The Balaban J connectivity index is 0.000000175. The number of benzene rings is 3. The Bertz CT molecular complexity index is 4130. The molecule has 438 valence electrons. The van der Waals surface area contributed by atoms with Crippen molar-refractivity contribution in [2.75, 3.05) is 43.1 Å². The number of aliphatic hydroxyl groups is 2. The van der Waals surface area contributed by atoms with E-state index in [2.05, 4.69) is 34.9 Å². The highest BCUT2D eigenvalue weighted by molar-refractivity contribution is 7.84. The van der Waals surface area contributed by atoms with E-state index >= 15 is 0 Å². The van der Waals surface area contributed by atoms with Crippen molar-refractivity contribution in [2.45, 2.75) is 108 Å². The van der Waals surface area contributed by atoms with Gasteiger partial charge < -0.3 is 30.5 Å². The minimum atomic E-state index is -1.24. The molecule has 3 aromatic carbocycles. The molecule has 2 saturated heterocycles. The molecule has 2 spiro atoms. The molecule has 4 aliphatic rings. The van der Waals surface area contributed by atoms with Gasteiger partial charge in [0.1, 0.15) is 16.5 Å². The third-order valence-electron chi connectivity index (χ3n) is 18.0. The van der Waals surface area contributed by atoms with Crippen molar-refractivity contribution >= 4 is 90.0 Å². The van der Waals surface area contributed by atoms with E-state index in [0.717, 1.165) is 78.3 Å². The Morgan fingerprint density at radius 2 is 1.27 bits per heavy atom. The van der Waals surface area contributed by atoms with Gasteiger partial charge in [-0.15, -0.1) is 0 Å². The Kier molecular flexibility index (Phi) is 14.6. The van der Waals surface area contributed by atoms with Crippen LogP contribution in [0.1, 0.15) is 77.7 Å². The maximum Gasteiger partial charge on any atom is 0.266 e. The number of piperidine rings is 2. The summed E-state index contributed by atoms with van der Waals surface area (Å²) in [6.07, 6.45) is 8.89. The van der Waals surface area contributed by atoms with Crippen LogP contribution >= 0.6 is 23.2 Å². The summed E-state index contributed by atoms with van der Waals surface area (Å²) < 4.78 is 29.8. The number of H-pyrrole nitrogens is 1. The van der Waals surface area contributed by atoms with Crippen molar-refractivity contribution in [2.24, 2.45) is 44.8 Å². The van der Waals surface area contributed by atoms with E-state index in [1.54, 1.807) is 39.7 Å². The molecule has 2 aliphatic carbocycles. The number of aliphatic hydroxyl groups excluding tert-OH is 2. The van der Waals surface area contributed by atoms with Gasteiger partial charge in [0.15, 0.2) is 11.3 Å². The summed E-state index contributed by atoms with van der Waals surface area (Å²) in [6.45, 7) is 8.98. The van der Waals surface area contributed by atoms with Crippen molar-refractivity contribution in [3.05, 3.63) is 97.2 Å². The smallest absolute Gasteiger partial charge is 0.266 e. The summed E-state index contributed by atoms with van der Waals surface area (Å²) in [4.78, 5) is 41.9. The molecule has 22 nitrogen and oxygen atoms in total. The number of nitrogens with zero attached hydrogens (tertiary/aromatic N) is 13. The van der Waals surface area contributed by atoms with Gasteiger partial charge >= 0.3 is 0 Å². The van der Waals surface area contributed by atoms with Crippen molar-refractivity contribution in [1.29, 1.82) is 0 Å². The lowest BCUT2D eigenvalue weighted by Gasteiger charge is -2.44. The molecule has 0 bridgehead atoms. The molecule has 6 aromatic heterocycles. The van der Waals surface area contributed by atoms with Gasteiger partial charge in [0, 0.05) is 101 Å². The summed E-state index contributed by atoms with van der Waals surface area (Å²) >= 11 is 13.8. The van der Waals surface area contributed by atoms with Crippen LogP contribution in [0.15, 0.2) is 70.5 Å². The first kappa shape index (κ1) is 56.7. The standard InChI is InChI=1S/C35H43ClN8O4S.C23H27ClN8O2/c1-34(2,3)49(47)40-27-17-22(45)18-35(27)13-15-43(16-14-35)33-37-31-28(32(46)42(33)5)30(24-11-12-26-25(29(24)36)20-41(4)38-26)44(39-31)19-21-7-9-23(48-6)10-8-21;1-30-11-14-15(29-30)4-3-13(18(14)24)19-17-20(28-27-19)26-22(31(2)21(17)34)32-7-5-23(6-8-32)10-12(33)9-16(23)25/h7-12,20,22,27,40,45H,13-19H2,1-6H3;3-4,11-12,16,33H,5-10,25H2,1-2H3,(H,27,28)/t22-,27-,49?;12-,16-/m11/s1. The van der Waals surface area contributed by atoms with Crippen LogP contribution in [-0.2, 0) is 45.7 Å². The molecule has 2 aliphatic heterocycles. The maximum absolute atomic E-state index is 14.4. The fourth-order valence-electron chi connectivity index (χ4n) is 13.4.